The molecule has 21 rings (SSSR count). The van der Waals surface area contributed by atoms with E-state index in [1.165, 1.54) is 135 Å². The molecule has 2 aromatic rings. The third-order valence-corrected chi connectivity index (χ3v) is 38.4. The molecule has 14 saturated carbocycles. The number of fused-ring (bicyclic) bond motifs is 14. The van der Waals surface area contributed by atoms with Crippen molar-refractivity contribution >= 4 is 30.2 Å². The molecule has 21 atom stereocenters. The first-order valence-electron chi connectivity index (χ1n) is 52.8. The first-order chi connectivity index (χ1) is 61.6. The van der Waals surface area contributed by atoms with Crippen LogP contribution in [0.5, 0.6) is 5.75 Å². The first kappa shape index (κ1) is 130. The van der Waals surface area contributed by atoms with E-state index in [1.54, 1.807) is 41.9 Å². The normalized spacial score (nSPS) is 37.2. The van der Waals surface area contributed by atoms with Crippen molar-refractivity contribution < 1.29 is 270 Å². The summed E-state index contributed by atoms with van der Waals surface area (Å²) in [7, 11) is 1.73. The van der Waals surface area contributed by atoms with Crippen LogP contribution >= 0.6 is 0 Å². The van der Waals surface area contributed by atoms with E-state index in [1.807, 2.05) is 62.3 Å². The molecule has 6 radical (unpaired) electrons. The number of amides is 3. The third-order valence-electron chi connectivity index (χ3n) is 38.4. The van der Waals surface area contributed by atoms with E-state index in [2.05, 4.69) is 217 Å². The van der Waals surface area contributed by atoms with Crippen molar-refractivity contribution in [3.63, 3.8) is 0 Å². The van der Waals surface area contributed by atoms with Gasteiger partial charge in [-0.15, -0.1) is 34.9 Å². The van der Waals surface area contributed by atoms with Crippen LogP contribution in [0.15, 0.2) is 59.7 Å². The number of carbonyl (C=O) groups is 4. The Morgan fingerprint density at radius 2 is 1.14 bits per heavy atom. The molecule has 14 nitrogen and oxygen atoms in total. The molecule has 770 valence electrons. The number of carbonyl (C=O) groups excluding carboxylic acids is 6. The molecule has 0 spiro atoms. The van der Waals surface area contributed by atoms with E-state index in [4.69, 9.17) is 33.3 Å². The fourth-order valence-corrected chi connectivity index (χ4v) is 34.0. The second kappa shape index (κ2) is 49.8. The smallest absolute Gasteiger partial charge is 0.408 e. The van der Waals surface area contributed by atoms with E-state index in [0.29, 0.717) is 74.9 Å². The van der Waals surface area contributed by atoms with Crippen molar-refractivity contribution in [2.45, 2.75) is 445 Å². The van der Waals surface area contributed by atoms with Crippen LogP contribution in [0.4, 0.5) is 14.4 Å². The van der Waals surface area contributed by atoms with Crippen molar-refractivity contribution in [3.8, 4) is 5.75 Å². The average Bonchev–Trinajstić information content (AvgIpc) is 0.870. The van der Waals surface area contributed by atoms with E-state index in [0.717, 1.165) is 156 Å². The molecule has 15 fully saturated rings. The molecule has 13 unspecified atom stereocenters. The Morgan fingerprint density at radius 3 is 1.73 bits per heavy atom. The minimum absolute atomic E-state index is 0. The van der Waals surface area contributed by atoms with Crippen LogP contribution in [0.1, 0.15) is 434 Å². The number of allylic oxidation sites excluding steroid dienone is 4. The van der Waals surface area contributed by atoms with Gasteiger partial charge in [-0.05, 0) is 221 Å². The molecule has 8 bridgehead atoms. The quantitative estimate of drug-likeness (QED) is 0.177. The van der Waals surface area contributed by atoms with Gasteiger partial charge in [-0.1, -0.05) is 233 Å². The third kappa shape index (κ3) is 28.5. The van der Waals surface area contributed by atoms with Gasteiger partial charge in [0.1, 0.15) is 22.6 Å². The van der Waals surface area contributed by atoms with Crippen molar-refractivity contribution in [2.75, 3.05) is 20.3 Å². The number of hydrogen-bond donors (Lipinski definition) is 3. The summed E-state index contributed by atoms with van der Waals surface area (Å²) in [6.07, 6.45) is 38.5. The molecule has 1 heterocycles. The van der Waals surface area contributed by atoms with Crippen LogP contribution in [0.25, 0.3) is 0 Å². The van der Waals surface area contributed by atoms with E-state index in [-0.39, 0.29) is 275 Å². The number of benzene rings is 2. The number of alkyl carbamates (subject to hydrolysis) is 3. The van der Waals surface area contributed by atoms with Crippen molar-refractivity contribution in [1.29, 1.82) is 0 Å². The van der Waals surface area contributed by atoms with Gasteiger partial charge < -0.3 is 69.2 Å². The number of Topliss-reactive ketones (excluding diaryl/α,β-unsaturated/α-hetero) is 1. The van der Waals surface area contributed by atoms with Crippen molar-refractivity contribution in [2.24, 2.45) is 115 Å². The molecule has 21 heteroatoms. The zero-order chi connectivity index (χ0) is 97.9. The maximum absolute atomic E-state index is 12.4. The molecule has 3 N–H and O–H groups in total. The van der Waals surface area contributed by atoms with Crippen LogP contribution in [-0.4, -0.2) is 84.0 Å². The standard InChI is InChI=1S/C27H41NO2.C20H25O2.C20H31.C18H30NO2.C17H29O.C16H26NO2.CO2.W.6Y/c1-17(2)20-10-11-22-21(13-20)19(4)12-23-26(8,14-18(3)15-27(22,23)9)16-28-24(29)30-25(5,6)7;1-12-10-17-15(14-5-4-13(22-3)11-16(12)14)8-9-20(2)18(17)6-7-19(20)21;1-13(2)16-6-9-19-17(11-16)7-8-18-15(4)10-14(3)12-20(18,19)5;1-12-13-7-16(5)9-17(12,6)11-18(8-13,10-16)19-14(20)21-15(2,3)4;1-12-10-15(2,3)13-6-8-17(5)14(7-9-18-17)16(13,4)11-12;1-10-12-5-11-6-13(10)9-16(7-11,8-12)17-14(18)19-15(2,3)4;2-1-3;;;;;;;/h10-11,13,17,23H,12,14-16H2,1-9H3,(H,28,29);4-5,11,15,17-18H,6-10H2,1-3H3;7,11,13,15,18-19H,6,8-10,12H2,1-5H3;13H,7-11H2,1-6H3,(H,19,20);13-14H,6-11H2,1-5H3;11-13H,5-9H2,1-4H3,(H,17,18);;;;;;;;/q-2;5*-1;;;;;;;;/t;15-,17-,18+,20+;15-,18-,19-,20-;;;;;;;;;;;/m.10.........../s1. The summed E-state index contributed by atoms with van der Waals surface area (Å²) in [6.45, 7) is 71.3. The largest absolute Gasteiger partial charge is 0.510 e. The minimum atomic E-state index is -0.476. The topological polar surface area (TPSA) is 185 Å². The number of ether oxygens (including phenoxy) is 5. The molecule has 140 heavy (non-hydrogen) atoms. The predicted molar refractivity (Wildman–Crippen MR) is 537 cm³/mol. The Hall–Kier alpha value is 1.59. The van der Waals surface area contributed by atoms with Crippen LogP contribution < -0.4 is 20.7 Å². The number of ketones is 1. The van der Waals surface area contributed by atoms with E-state index in [9.17, 15) is 19.2 Å². The predicted octanol–water partition coefficient (Wildman–Crippen LogP) is 29.6. The second-order valence-electron chi connectivity index (χ2n) is 53.9. The molecule has 3 amide bonds. The monoisotopic (exact) mass is 2550 g/mol. The number of nitrogens with one attached hydrogen (secondary N) is 3. The van der Waals surface area contributed by atoms with Gasteiger partial charge in [0, 0.05) is 253 Å². The van der Waals surface area contributed by atoms with Crippen LogP contribution in [0.3, 0.4) is 0 Å². The SMILES string of the molecule is COc1ccc2c(c1)[C-](C)C[C@@H]1[C@@H]2CC[C@]2(C)C(=O)CC[C@@H]12.C[C-]1C2CC3(C)CC(NC(=O)OC(C)(C)C)(C2)CC1(C)C3.C[C-]1C2CC3CC1CC(NC(=O)OC(C)(C)C)(C3)C2.C[C-]1CC(C)(C)C2CCC3(C)OCCC3C2(C)C1.C[C-]1CC(C)(CNC(=O)OC(C)(C)C)C2C[C-](C)c3cc(C(C)C)ccc3C2(C)C1.C[C-]1C[C@H](C)[C@@H]2CC=C3C=C(C(C)C)CC[C@@H]3[C@@]2(C)C1.O=C=O.[W].[Y].[Y].[Y].[Y].[Y].[Y]. The van der Waals surface area contributed by atoms with Gasteiger partial charge >= 0.3 is 24.4 Å². The van der Waals surface area contributed by atoms with Gasteiger partial charge in [-0.3, -0.25) is 4.79 Å². The van der Waals surface area contributed by atoms with Gasteiger partial charge in [-0.25, -0.2) is 14.4 Å². The maximum Gasteiger partial charge on any atom is 0.408 e. The van der Waals surface area contributed by atoms with Gasteiger partial charge in [0.2, 0.25) is 0 Å². The molecule has 19 aliphatic rings. The minimum Gasteiger partial charge on any atom is -0.510 e. The summed E-state index contributed by atoms with van der Waals surface area (Å²) in [5, 5.41) is 9.60. The summed E-state index contributed by atoms with van der Waals surface area (Å²) in [6, 6.07) is 13.7. The van der Waals surface area contributed by atoms with Crippen LogP contribution in [-0.2, 0) is 256 Å². The van der Waals surface area contributed by atoms with Crippen molar-refractivity contribution in [3.05, 3.63) is 129 Å². The van der Waals surface area contributed by atoms with Gasteiger partial charge in [-0.2, -0.15) is 135 Å². The molecule has 2 aromatic carbocycles. The number of methoxy groups -OCH3 is 1. The summed E-state index contributed by atoms with van der Waals surface area (Å²) in [4.78, 5) is 65.4. The van der Waals surface area contributed by atoms with Crippen LogP contribution in [0.2, 0.25) is 0 Å². The van der Waals surface area contributed by atoms with Gasteiger partial charge in [0.25, 0.3) is 0 Å². The Kier molecular flexibility index (Phi) is 46.3. The number of rotatable bonds is 7. The van der Waals surface area contributed by atoms with E-state index < -0.39 is 16.8 Å². The summed E-state index contributed by atoms with van der Waals surface area (Å²) >= 11 is 0. The van der Waals surface area contributed by atoms with E-state index >= 15 is 0 Å². The average molecular weight is 2550 g/mol. The molecule has 1 aliphatic heterocycles. The first-order valence-corrected chi connectivity index (χ1v) is 52.8. The zero-order valence-corrected chi connectivity index (χ0v) is 113. The Morgan fingerprint density at radius 1 is 0.564 bits per heavy atom. The van der Waals surface area contributed by atoms with Crippen molar-refractivity contribution in [1.82, 2.24) is 16.0 Å². The molecule has 1 saturated heterocycles. The van der Waals surface area contributed by atoms with Gasteiger partial charge in [0.05, 0.1) is 18.5 Å². The summed E-state index contributed by atoms with van der Waals surface area (Å²) in [5.74, 6) is 23.6. The number of hydrogen-bond acceptors (Lipinski definition) is 11. The summed E-state index contributed by atoms with van der Waals surface area (Å²) in [5.41, 5.74) is 11.7. The molecular formula is C119H182N3O11WY6-7. The Bertz CT molecular complexity index is 4610. The molecule has 18 aliphatic carbocycles. The fraction of sp³-hybridized carbons (Fsp3) is 0.765. The maximum atomic E-state index is 12.4. The Labute approximate surface area is 1020 Å². The van der Waals surface area contributed by atoms with Crippen LogP contribution in [0, 0.1) is 156 Å². The molecular weight excluding hydrogens is 2360 g/mol. The fourth-order valence-electron chi connectivity index (χ4n) is 34.0. The van der Waals surface area contributed by atoms with Gasteiger partial charge in [0.15, 0.2) is 0 Å². The zero-order valence-electron chi connectivity index (χ0n) is 93.4. The second-order valence-corrected chi connectivity index (χ2v) is 53.9. The summed E-state index contributed by atoms with van der Waals surface area (Å²) < 4.78 is 28.0. The Balaban J connectivity index is 0.000000255. The molecule has 0 aromatic heterocycles.